The maximum atomic E-state index is 13.3. The van der Waals surface area contributed by atoms with Crippen LogP contribution in [0, 0.1) is 6.92 Å². The number of fused-ring (bicyclic) bond motifs is 1. The number of ether oxygens (including phenoxy) is 1. The van der Waals surface area contributed by atoms with Gasteiger partial charge in [-0.2, -0.15) is 0 Å². The Labute approximate surface area is 167 Å². The molecule has 1 saturated heterocycles. The van der Waals surface area contributed by atoms with E-state index in [0.717, 1.165) is 42.9 Å². The Balaban J connectivity index is 1.64. The summed E-state index contributed by atoms with van der Waals surface area (Å²) in [5.41, 5.74) is 2.30. The summed E-state index contributed by atoms with van der Waals surface area (Å²) in [7, 11) is 0. The summed E-state index contributed by atoms with van der Waals surface area (Å²) in [5.74, 6) is 0.941. The lowest BCUT2D eigenvalue weighted by molar-refractivity contribution is -0.0213. The van der Waals surface area contributed by atoms with Gasteiger partial charge in [-0.1, -0.05) is 18.2 Å². The molecule has 28 heavy (non-hydrogen) atoms. The van der Waals surface area contributed by atoms with Gasteiger partial charge in [0.2, 0.25) is 0 Å². The van der Waals surface area contributed by atoms with E-state index in [2.05, 4.69) is 29.8 Å². The molecule has 0 N–H and O–H groups in total. The van der Waals surface area contributed by atoms with E-state index in [-0.39, 0.29) is 11.5 Å². The number of hydrogen-bond acceptors (Lipinski definition) is 4. The maximum absolute atomic E-state index is 13.3. The number of aromatic nitrogens is 1. The predicted octanol–water partition coefficient (Wildman–Crippen LogP) is 3.67. The molecule has 0 unspecified atom stereocenters. The van der Waals surface area contributed by atoms with Crippen molar-refractivity contribution in [2.24, 2.45) is 0 Å². The fraction of sp³-hybridized carbons (Fsp3) is 0.478. The van der Waals surface area contributed by atoms with E-state index >= 15 is 0 Å². The average Bonchev–Trinajstić information content (AvgIpc) is 2.85. The van der Waals surface area contributed by atoms with Gasteiger partial charge in [-0.05, 0) is 39.0 Å². The quantitative estimate of drug-likeness (QED) is 0.799. The van der Waals surface area contributed by atoms with Crippen molar-refractivity contribution in [1.82, 2.24) is 14.8 Å². The Morgan fingerprint density at radius 2 is 1.89 bits per heavy atom. The SMILES string of the molecule is Cc1ccc(C(=O)N2Cc3ccccc3OC3(CCN(C(C)C)CC3)C2)cn1. The van der Waals surface area contributed by atoms with Crippen LogP contribution in [0.3, 0.4) is 0 Å². The minimum atomic E-state index is -0.328. The number of carbonyl (C=O) groups excluding carboxylic acids is 1. The van der Waals surface area contributed by atoms with Gasteiger partial charge in [-0.3, -0.25) is 9.78 Å². The highest BCUT2D eigenvalue weighted by molar-refractivity contribution is 5.94. The van der Waals surface area contributed by atoms with Crippen molar-refractivity contribution in [2.45, 2.75) is 51.8 Å². The van der Waals surface area contributed by atoms with Crippen LogP contribution >= 0.6 is 0 Å². The highest BCUT2D eigenvalue weighted by Gasteiger charge is 2.42. The number of hydrogen-bond donors (Lipinski definition) is 0. The van der Waals surface area contributed by atoms with Crippen LogP contribution in [0.2, 0.25) is 0 Å². The molecule has 5 heteroatoms. The van der Waals surface area contributed by atoms with E-state index in [1.165, 1.54) is 0 Å². The zero-order valence-corrected chi connectivity index (χ0v) is 17.0. The van der Waals surface area contributed by atoms with Gasteiger partial charge in [0, 0.05) is 56.0 Å². The Kier molecular flexibility index (Phi) is 5.11. The van der Waals surface area contributed by atoms with Crippen molar-refractivity contribution < 1.29 is 9.53 Å². The highest BCUT2D eigenvalue weighted by Crippen LogP contribution is 2.36. The first-order valence-corrected chi connectivity index (χ1v) is 10.2. The summed E-state index contributed by atoms with van der Waals surface area (Å²) in [4.78, 5) is 22.0. The minimum absolute atomic E-state index is 0.0264. The van der Waals surface area contributed by atoms with Crippen molar-refractivity contribution in [3.05, 3.63) is 59.4 Å². The molecule has 0 atom stereocenters. The van der Waals surface area contributed by atoms with Gasteiger partial charge in [0.25, 0.3) is 5.91 Å². The second-order valence-corrected chi connectivity index (χ2v) is 8.37. The zero-order chi connectivity index (χ0) is 19.7. The molecule has 1 aromatic heterocycles. The third-order valence-electron chi connectivity index (χ3n) is 6.02. The number of nitrogens with zero attached hydrogens (tertiary/aromatic N) is 3. The lowest BCUT2D eigenvalue weighted by Crippen LogP contribution is -2.55. The first-order valence-electron chi connectivity index (χ1n) is 10.2. The third-order valence-corrected chi connectivity index (χ3v) is 6.02. The lowest BCUT2D eigenvalue weighted by atomic mass is 9.89. The van der Waals surface area contributed by atoms with Crippen LogP contribution in [0.15, 0.2) is 42.6 Å². The summed E-state index contributed by atoms with van der Waals surface area (Å²) in [6.45, 7) is 9.57. The molecule has 2 aliphatic heterocycles. The van der Waals surface area contributed by atoms with Crippen molar-refractivity contribution in [3.8, 4) is 5.75 Å². The highest BCUT2D eigenvalue weighted by atomic mass is 16.5. The molecule has 148 valence electrons. The number of likely N-dealkylation sites (tertiary alicyclic amines) is 1. The fourth-order valence-corrected chi connectivity index (χ4v) is 4.24. The normalized spacial score (nSPS) is 19.2. The Hall–Kier alpha value is -2.40. The Morgan fingerprint density at radius 3 is 2.57 bits per heavy atom. The topological polar surface area (TPSA) is 45.7 Å². The first kappa shape index (κ1) is 18.9. The van der Waals surface area contributed by atoms with Crippen LogP contribution in [0.25, 0.3) is 0 Å². The number of benzene rings is 1. The molecular formula is C23H29N3O2. The molecule has 0 bridgehead atoms. The molecule has 2 aromatic rings. The molecule has 0 aliphatic carbocycles. The van der Waals surface area contributed by atoms with E-state index in [0.29, 0.717) is 24.7 Å². The second-order valence-electron chi connectivity index (χ2n) is 8.37. The van der Waals surface area contributed by atoms with Crippen LogP contribution < -0.4 is 4.74 Å². The number of amides is 1. The number of para-hydroxylation sites is 1. The Morgan fingerprint density at radius 1 is 1.14 bits per heavy atom. The zero-order valence-electron chi connectivity index (χ0n) is 17.0. The summed E-state index contributed by atoms with van der Waals surface area (Å²) >= 11 is 0. The van der Waals surface area contributed by atoms with Gasteiger partial charge < -0.3 is 14.5 Å². The van der Waals surface area contributed by atoms with Crippen molar-refractivity contribution in [3.63, 3.8) is 0 Å². The molecule has 1 fully saturated rings. The molecule has 1 aromatic carbocycles. The summed E-state index contributed by atoms with van der Waals surface area (Å²) in [6, 6.07) is 12.4. The second kappa shape index (κ2) is 7.55. The summed E-state index contributed by atoms with van der Waals surface area (Å²) in [5, 5.41) is 0. The molecule has 0 saturated carbocycles. The minimum Gasteiger partial charge on any atom is -0.485 e. The maximum Gasteiger partial charge on any atom is 0.255 e. The molecule has 4 rings (SSSR count). The number of pyridine rings is 1. The van der Waals surface area contributed by atoms with Crippen molar-refractivity contribution in [2.75, 3.05) is 19.6 Å². The van der Waals surface area contributed by atoms with Crippen LogP contribution in [0.4, 0.5) is 0 Å². The standard InChI is InChI=1S/C23H29N3O2/c1-17(2)25-12-10-23(11-13-25)16-26(15-20-6-4-5-7-21(20)28-23)22(27)19-9-8-18(3)24-14-19/h4-9,14,17H,10-13,15-16H2,1-3H3. The number of rotatable bonds is 2. The first-order chi connectivity index (χ1) is 13.5. The van der Waals surface area contributed by atoms with Crippen LogP contribution in [-0.4, -0.2) is 52.0 Å². The van der Waals surface area contributed by atoms with Gasteiger partial charge in [-0.15, -0.1) is 0 Å². The summed E-state index contributed by atoms with van der Waals surface area (Å²) < 4.78 is 6.61. The van der Waals surface area contributed by atoms with Crippen LogP contribution in [-0.2, 0) is 6.54 Å². The molecule has 5 nitrogen and oxygen atoms in total. The lowest BCUT2D eigenvalue weighted by Gasteiger charge is -2.44. The molecule has 1 amide bonds. The number of aryl methyl sites for hydroxylation is 1. The van der Waals surface area contributed by atoms with E-state index in [4.69, 9.17) is 4.74 Å². The largest absolute Gasteiger partial charge is 0.485 e. The van der Waals surface area contributed by atoms with Gasteiger partial charge >= 0.3 is 0 Å². The van der Waals surface area contributed by atoms with Crippen LogP contribution in [0.1, 0.15) is 48.3 Å². The van der Waals surface area contributed by atoms with E-state index in [1.54, 1.807) is 6.20 Å². The van der Waals surface area contributed by atoms with Gasteiger partial charge in [0.1, 0.15) is 11.4 Å². The summed E-state index contributed by atoms with van der Waals surface area (Å²) in [6.07, 6.45) is 3.54. The molecule has 1 spiro atoms. The van der Waals surface area contributed by atoms with Crippen molar-refractivity contribution >= 4 is 5.91 Å². The Bertz CT molecular complexity index is 839. The smallest absolute Gasteiger partial charge is 0.255 e. The predicted molar refractivity (Wildman–Crippen MR) is 109 cm³/mol. The van der Waals surface area contributed by atoms with Gasteiger partial charge in [0.15, 0.2) is 0 Å². The molecular weight excluding hydrogens is 350 g/mol. The molecule has 0 radical (unpaired) electrons. The van der Waals surface area contributed by atoms with E-state index in [9.17, 15) is 4.79 Å². The van der Waals surface area contributed by atoms with Gasteiger partial charge in [-0.25, -0.2) is 0 Å². The van der Waals surface area contributed by atoms with Gasteiger partial charge in [0.05, 0.1) is 12.1 Å². The molecule has 3 heterocycles. The fourth-order valence-electron chi connectivity index (χ4n) is 4.24. The molecule has 2 aliphatic rings. The average molecular weight is 380 g/mol. The third kappa shape index (κ3) is 3.76. The number of carbonyl (C=O) groups is 1. The van der Waals surface area contributed by atoms with Crippen molar-refractivity contribution in [1.29, 1.82) is 0 Å². The monoisotopic (exact) mass is 379 g/mol. The van der Waals surface area contributed by atoms with E-state index < -0.39 is 0 Å². The van der Waals surface area contributed by atoms with E-state index in [1.807, 2.05) is 42.2 Å². The number of piperidine rings is 1. The van der Waals surface area contributed by atoms with Crippen LogP contribution in [0.5, 0.6) is 5.75 Å².